The molecule has 5 heteroatoms. The maximum absolute atomic E-state index is 5.49. The highest BCUT2D eigenvalue weighted by Gasteiger charge is 2.22. The highest BCUT2D eigenvalue weighted by molar-refractivity contribution is 5.83. The van der Waals surface area contributed by atoms with Crippen LogP contribution in [0.5, 0.6) is 0 Å². The number of hydrogen-bond acceptors (Lipinski definition) is 5. The second kappa shape index (κ2) is 7.45. The molecule has 1 fully saturated rings. The molecule has 4 N–H and O–H groups in total. The van der Waals surface area contributed by atoms with Crippen molar-refractivity contribution >= 4 is 5.84 Å². The molecular weight excluding hydrogens is 250 g/mol. The van der Waals surface area contributed by atoms with Crippen LogP contribution >= 0.6 is 0 Å². The maximum atomic E-state index is 5.49. The molecule has 0 radical (unpaired) electrons. The largest absolute Gasteiger partial charge is 0.369 e. The number of likely N-dealkylation sites (tertiary alicyclic amines) is 1. The Kier molecular flexibility index (Phi) is 5.61. The number of hydrogen-bond donors (Lipinski definition) is 3. The summed E-state index contributed by atoms with van der Waals surface area (Å²) in [5, 5.41) is 6.71. The zero-order valence-electron chi connectivity index (χ0n) is 12.5. The minimum Gasteiger partial charge on any atom is -0.369 e. The summed E-state index contributed by atoms with van der Waals surface area (Å²) >= 11 is 0. The topological polar surface area (TPSA) is 65.7 Å². The lowest BCUT2D eigenvalue weighted by Gasteiger charge is -2.36. The van der Waals surface area contributed by atoms with Crippen LogP contribution in [0.4, 0.5) is 0 Å². The average Bonchev–Trinajstić information content (AvgIpc) is 2.45. The Morgan fingerprint density at radius 3 is 2.90 bits per heavy atom. The van der Waals surface area contributed by atoms with Crippen LogP contribution in [0.1, 0.15) is 26.2 Å². The van der Waals surface area contributed by atoms with Crippen molar-refractivity contribution in [3.05, 3.63) is 24.2 Å². The van der Waals surface area contributed by atoms with Gasteiger partial charge in [-0.3, -0.25) is 0 Å². The fourth-order valence-corrected chi connectivity index (χ4v) is 2.73. The first-order chi connectivity index (χ1) is 9.70. The van der Waals surface area contributed by atoms with E-state index in [1.165, 1.54) is 12.8 Å². The van der Waals surface area contributed by atoms with E-state index in [9.17, 15) is 0 Å². The average molecular weight is 277 g/mol. The third kappa shape index (κ3) is 4.08. The molecule has 20 heavy (non-hydrogen) atoms. The maximum Gasteiger partial charge on any atom is 0.103 e. The van der Waals surface area contributed by atoms with Gasteiger partial charge in [0.05, 0.1) is 17.6 Å². The molecule has 2 rings (SSSR count). The second-order valence-electron chi connectivity index (χ2n) is 5.61. The molecule has 112 valence electrons. The van der Waals surface area contributed by atoms with Crippen LogP contribution in [0.15, 0.2) is 29.2 Å². The number of piperidine rings is 1. The van der Waals surface area contributed by atoms with E-state index in [1.54, 1.807) is 0 Å². The zero-order chi connectivity index (χ0) is 14.4. The molecule has 0 aliphatic carbocycles. The molecule has 5 nitrogen and oxygen atoms in total. The molecule has 0 amide bonds. The smallest absolute Gasteiger partial charge is 0.103 e. The Hall–Kier alpha value is -1.33. The van der Waals surface area contributed by atoms with Crippen LogP contribution in [-0.2, 0) is 0 Å². The van der Waals surface area contributed by atoms with Gasteiger partial charge in [-0.25, -0.2) is 4.99 Å². The number of aliphatic imine (C=N–C) groups is 1. The number of nitrogens with zero attached hydrogens (tertiary/aromatic N) is 2. The highest BCUT2D eigenvalue weighted by atomic mass is 15.2. The normalized spacial score (nSPS) is 20.5. The van der Waals surface area contributed by atoms with E-state index in [1.807, 2.05) is 13.1 Å². The monoisotopic (exact) mass is 277 g/mol. The summed E-state index contributed by atoms with van der Waals surface area (Å²) < 4.78 is 0. The van der Waals surface area contributed by atoms with E-state index in [0.717, 1.165) is 62.3 Å². The van der Waals surface area contributed by atoms with Gasteiger partial charge >= 0.3 is 0 Å². The Morgan fingerprint density at radius 2 is 2.25 bits per heavy atom. The lowest BCUT2D eigenvalue weighted by atomic mass is 9.96. The predicted molar refractivity (Wildman–Crippen MR) is 84.3 cm³/mol. The minimum absolute atomic E-state index is 0.772. The molecule has 0 spiro atoms. The van der Waals surface area contributed by atoms with Crippen molar-refractivity contribution in [1.82, 2.24) is 15.5 Å². The van der Waals surface area contributed by atoms with Gasteiger partial charge in [-0.2, -0.15) is 0 Å². The standard InChI is InChI=1S/C15H27N5/c1-12-15(11-18-13(2)19-12)20-8-4-14(5-9-20)10-17-7-3-6-16/h11,14,17H,1,3-10,16H2,2H3,(H,18,19). The quantitative estimate of drug-likeness (QED) is 0.634. The number of nitrogens with one attached hydrogen (secondary N) is 2. The van der Waals surface area contributed by atoms with E-state index in [-0.39, 0.29) is 0 Å². The van der Waals surface area contributed by atoms with E-state index >= 15 is 0 Å². The van der Waals surface area contributed by atoms with Crippen molar-refractivity contribution in [1.29, 1.82) is 0 Å². The summed E-state index contributed by atoms with van der Waals surface area (Å²) in [6, 6.07) is 0. The van der Waals surface area contributed by atoms with Gasteiger partial charge < -0.3 is 21.3 Å². The second-order valence-corrected chi connectivity index (χ2v) is 5.61. The van der Waals surface area contributed by atoms with Gasteiger partial charge in [-0.15, -0.1) is 0 Å². The number of nitrogens with two attached hydrogens (primary N) is 1. The summed E-state index contributed by atoms with van der Waals surface area (Å²) in [7, 11) is 0. The van der Waals surface area contributed by atoms with Gasteiger partial charge in [0.25, 0.3) is 0 Å². The molecule has 0 unspecified atom stereocenters. The zero-order valence-corrected chi connectivity index (χ0v) is 12.5. The molecule has 2 heterocycles. The molecule has 0 atom stereocenters. The Balaban J connectivity index is 1.75. The lowest BCUT2D eigenvalue weighted by Crippen LogP contribution is -2.39. The highest BCUT2D eigenvalue weighted by Crippen LogP contribution is 2.23. The van der Waals surface area contributed by atoms with Crippen molar-refractivity contribution in [2.45, 2.75) is 26.2 Å². The first kappa shape index (κ1) is 15.1. The number of amidine groups is 1. The predicted octanol–water partition coefficient (Wildman–Crippen LogP) is 1.01. The number of rotatable bonds is 6. The first-order valence-electron chi connectivity index (χ1n) is 7.57. The van der Waals surface area contributed by atoms with Gasteiger partial charge in [0.2, 0.25) is 0 Å². The van der Waals surface area contributed by atoms with Gasteiger partial charge in [0.15, 0.2) is 0 Å². The Morgan fingerprint density at radius 1 is 1.50 bits per heavy atom. The first-order valence-corrected chi connectivity index (χ1v) is 7.57. The van der Waals surface area contributed by atoms with Crippen LogP contribution in [0.25, 0.3) is 0 Å². The summed E-state index contributed by atoms with van der Waals surface area (Å²) in [5.41, 5.74) is 7.61. The van der Waals surface area contributed by atoms with Gasteiger partial charge in [-0.05, 0) is 51.7 Å². The third-order valence-electron chi connectivity index (χ3n) is 3.97. The molecule has 2 aliphatic rings. The lowest BCUT2D eigenvalue weighted by molar-refractivity contribution is 0.224. The van der Waals surface area contributed by atoms with Crippen molar-refractivity contribution in [2.75, 3.05) is 32.7 Å². The molecule has 0 saturated carbocycles. The summed E-state index contributed by atoms with van der Waals surface area (Å²) in [6.07, 6.45) is 5.45. The molecule has 0 aromatic heterocycles. The van der Waals surface area contributed by atoms with Crippen LogP contribution in [-0.4, -0.2) is 43.5 Å². The van der Waals surface area contributed by atoms with Gasteiger partial charge in [0.1, 0.15) is 5.84 Å². The van der Waals surface area contributed by atoms with E-state index in [4.69, 9.17) is 5.73 Å². The molecule has 2 aliphatic heterocycles. The van der Waals surface area contributed by atoms with Gasteiger partial charge in [0, 0.05) is 13.1 Å². The van der Waals surface area contributed by atoms with Crippen LogP contribution in [0.2, 0.25) is 0 Å². The van der Waals surface area contributed by atoms with Gasteiger partial charge in [-0.1, -0.05) is 6.58 Å². The molecule has 0 aromatic carbocycles. The van der Waals surface area contributed by atoms with Crippen molar-refractivity contribution in [3.8, 4) is 0 Å². The molecular formula is C15H27N5. The summed E-state index contributed by atoms with van der Waals surface area (Å²) in [4.78, 5) is 6.73. The van der Waals surface area contributed by atoms with Crippen molar-refractivity contribution in [2.24, 2.45) is 16.6 Å². The van der Waals surface area contributed by atoms with Crippen LogP contribution < -0.4 is 16.4 Å². The summed E-state index contributed by atoms with van der Waals surface area (Å²) in [6.45, 7) is 11.1. The fraction of sp³-hybridized carbons (Fsp3) is 0.667. The SMILES string of the molecule is C=C1NC(C)=NC=C1N1CCC(CNCCCN)CC1. The van der Waals surface area contributed by atoms with Crippen molar-refractivity contribution in [3.63, 3.8) is 0 Å². The van der Waals surface area contributed by atoms with E-state index in [2.05, 4.69) is 27.1 Å². The van der Waals surface area contributed by atoms with Crippen LogP contribution in [0.3, 0.4) is 0 Å². The Bertz CT molecular complexity index is 391. The summed E-state index contributed by atoms with van der Waals surface area (Å²) in [5.74, 6) is 1.69. The van der Waals surface area contributed by atoms with E-state index in [0.29, 0.717) is 0 Å². The molecule has 0 aromatic rings. The third-order valence-corrected chi connectivity index (χ3v) is 3.97. The van der Waals surface area contributed by atoms with Crippen molar-refractivity contribution < 1.29 is 0 Å². The van der Waals surface area contributed by atoms with Crippen LogP contribution in [0, 0.1) is 5.92 Å². The molecule has 1 saturated heterocycles. The fourth-order valence-electron chi connectivity index (χ4n) is 2.73. The van der Waals surface area contributed by atoms with E-state index < -0.39 is 0 Å². The molecule has 0 bridgehead atoms. The minimum atomic E-state index is 0.772. The Labute approximate surface area is 122 Å².